The van der Waals surface area contributed by atoms with Gasteiger partial charge in [-0.15, -0.1) is 0 Å². The predicted octanol–water partition coefficient (Wildman–Crippen LogP) is 0.0375. The van der Waals surface area contributed by atoms with Crippen molar-refractivity contribution in [2.45, 2.75) is 69.1 Å². The molecule has 0 spiro atoms. The van der Waals surface area contributed by atoms with E-state index in [1.165, 1.54) is 12.1 Å². The molecule has 0 saturated heterocycles. The normalized spacial score (nSPS) is 13.7. The molecule has 0 heterocycles. The van der Waals surface area contributed by atoms with Crippen molar-refractivity contribution in [1.82, 2.24) is 16.0 Å². The van der Waals surface area contributed by atoms with Crippen molar-refractivity contribution in [1.29, 1.82) is 0 Å². The second-order valence-electron chi connectivity index (χ2n) is 9.91. The first-order chi connectivity index (χ1) is 20.0. The number of phenols is 1. The zero-order valence-corrected chi connectivity index (χ0v) is 23.2. The average molecular weight is 586 g/mol. The predicted molar refractivity (Wildman–Crippen MR) is 153 cm³/mol. The third-order valence-corrected chi connectivity index (χ3v) is 6.49. The molecule has 0 aliphatic rings. The van der Waals surface area contributed by atoms with Crippen LogP contribution < -0.4 is 27.4 Å². The molecule has 0 radical (unpaired) electrons. The molecule has 4 atom stereocenters. The molecular formula is C29H39N5O8. The van der Waals surface area contributed by atoms with Crippen molar-refractivity contribution in [3.8, 4) is 5.75 Å². The van der Waals surface area contributed by atoms with Crippen LogP contribution in [-0.2, 0) is 36.8 Å². The van der Waals surface area contributed by atoms with Crippen LogP contribution in [0.5, 0.6) is 5.75 Å². The van der Waals surface area contributed by atoms with Gasteiger partial charge in [-0.2, -0.15) is 0 Å². The van der Waals surface area contributed by atoms with Crippen molar-refractivity contribution >= 4 is 29.7 Å². The molecule has 4 unspecified atom stereocenters. The van der Waals surface area contributed by atoms with Gasteiger partial charge in [-0.25, -0.2) is 4.79 Å². The number of amides is 3. The van der Waals surface area contributed by atoms with Crippen LogP contribution in [0.2, 0.25) is 0 Å². The molecule has 13 heteroatoms. The lowest BCUT2D eigenvalue weighted by molar-refractivity contribution is -0.142. The highest BCUT2D eigenvalue weighted by Gasteiger charge is 2.30. The number of hydrogen-bond donors (Lipinski definition) is 8. The van der Waals surface area contributed by atoms with E-state index in [1.807, 2.05) is 0 Å². The van der Waals surface area contributed by atoms with Gasteiger partial charge in [0.2, 0.25) is 17.7 Å². The van der Waals surface area contributed by atoms with Gasteiger partial charge in [0.15, 0.2) is 0 Å². The molecule has 2 aromatic rings. The largest absolute Gasteiger partial charge is 0.508 e. The number of carboxylic acid groups (broad SMARTS) is 2. The molecular weight excluding hydrogens is 546 g/mol. The number of nitrogens with two attached hydrogens (primary N) is 2. The maximum atomic E-state index is 13.6. The Bertz CT molecular complexity index is 1190. The van der Waals surface area contributed by atoms with Gasteiger partial charge in [-0.3, -0.25) is 19.2 Å². The number of carboxylic acids is 2. The monoisotopic (exact) mass is 585 g/mol. The molecule has 42 heavy (non-hydrogen) atoms. The first-order valence-corrected chi connectivity index (χ1v) is 13.6. The molecule has 228 valence electrons. The molecule has 2 rings (SSSR count). The van der Waals surface area contributed by atoms with E-state index >= 15 is 0 Å². The Hall–Kier alpha value is -4.49. The maximum Gasteiger partial charge on any atom is 0.326 e. The van der Waals surface area contributed by atoms with E-state index in [4.69, 9.17) is 16.6 Å². The average Bonchev–Trinajstić information content (AvgIpc) is 2.96. The Morgan fingerprint density at radius 3 is 1.74 bits per heavy atom. The Kier molecular flexibility index (Phi) is 13.9. The topological polar surface area (TPSA) is 234 Å². The first kappa shape index (κ1) is 33.7. The second kappa shape index (κ2) is 17.4. The highest BCUT2D eigenvalue weighted by atomic mass is 16.4. The summed E-state index contributed by atoms with van der Waals surface area (Å²) in [7, 11) is 0. The van der Waals surface area contributed by atoms with Crippen LogP contribution in [0.3, 0.4) is 0 Å². The summed E-state index contributed by atoms with van der Waals surface area (Å²) in [5.41, 5.74) is 12.6. The van der Waals surface area contributed by atoms with Crippen molar-refractivity contribution in [3.63, 3.8) is 0 Å². The van der Waals surface area contributed by atoms with E-state index in [2.05, 4.69) is 16.0 Å². The summed E-state index contributed by atoms with van der Waals surface area (Å²) >= 11 is 0. The minimum atomic E-state index is -1.23. The van der Waals surface area contributed by atoms with Crippen LogP contribution in [0, 0.1) is 0 Å². The fourth-order valence-electron chi connectivity index (χ4n) is 4.12. The van der Waals surface area contributed by atoms with Crippen molar-refractivity contribution in [2.24, 2.45) is 11.5 Å². The zero-order chi connectivity index (χ0) is 31.1. The van der Waals surface area contributed by atoms with Crippen LogP contribution in [-0.4, -0.2) is 75.7 Å². The zero-order valence-electron chi connectivity index (χ0n) is 23.2. The molecule has 10 N–H and O–H groups in total. The Morgan fingerprint density at radius 2 is 1.21 bits per heavy atom. The van der Waals surface area contributed by atoms with Crippen molar-refractivity contribution in [2.75, 3.05) is 6.54 Å². The SMILES string of the molecule is NCCCCC(NC(=O)C(Cc1ccccc1)NC(=O)C(Cc1ccc(O)cc1)NC(=O)C(N)CCC(=O)O)C(=O)O. The summed E-state index contributed by atoms with van der Waals surface area (Å²) in [6.07, 6.45) is 0.695. The van der Waals surface area contributed by atoms with E-state index in [0.717, 1.165) is 0 Å². The minimum Gasteiger partial charge on any atom is -0.508 e. The van der Waals surface area contributed by atoms with Gasteiger partial charge in [-0.1, -0.05) is 42.5 Å². The van der Waals surface area contributed by atoms with Gasteiger partial charge in [0, 0.05) is 19.3 Å². The van der Waals surface area contributed by atoms with Gasteiger partial charge < -0.3 is 42.7 Å². The van der Waals surface area contributed by atoms with E-state index in [-0.39, 0.29) is 37.9 Å². The van der Waals surface area contributed by atoms with Crippen LogP contribution in [0.1, 0.15) is 43.2 Å². The van der Waals surface area contributed by atoms with Gasteiger partial charge in [0.1, 0.15) is 23.9 Å². The van der Waals surface area contributed by atoms with Crippen LogP contribution in [0.25, 0.3) is 0 Å². The van der Waals surface area contributed by atoms with E-state index in [0.29, 0.717) is 30.5 Å². The van der Waals surface area contributed by atoms with E-state index in [9.17, 15) is 34.2 Å². The summed E-state index contributed by atoms with van der Waals surface area (Å²) in [4.78, 5) is 62.3. The molecule has 3 amide bonds. The number of unbranched alkanes of at least 4 members (excludes halogenated alkanes) is 1. The fraction of sp³-hybridized carbons (Fsp3) is 0.414. The molecule has 0 fully saturated rings. The van der Waals surface area contributed by atoms with E-state index in [1.54, 1.807) is 42.5 Å². The standard InChI is InChI=1S/C29H39N5O8/c30-15-5-4-8-22(29(41)42)32-27(39)24(16-18-6-2-1-3-7-18)34-28(40)23(17-19-9-11-20(35)12-10-19)33-26(38)21(31)13-14-25(36)37/h1-3,6-7,9-12,21-24,35H,4-5,8,13-17,30-31H2,(H,32,39)(H,33,38)(H,34,40)(H,36,37)(H,41,42). The summed E-state index contributed by atoms with van der Waals surface area (Å²) < 4.78 is 0. The lowest BCUT2D eigenvalue weighted by Crippen LogP contribution is -2.58. The number of carbonyl (C=O) groups excluding carboxylic acids is 3. The minimum absolute atomic E-state index is 0.00137. The highest BCUT2D eigenvalue weighted by Crippen LogP contribution is 2.13. The molecule has 0 saturated carbocycles. The number of rotatable bonds is 18. The van der Waals surface area contributed by atoms with Crippen LogP contribution in [0.4, 0.5) is 0 Å². The number of hydrogen-bond acceptors (Lipinski definition) is 8. The lowest BCUT2D eigenvalue weighted by atomic mass is 10.0. The summed E-state index contributed by atoms with van der Waals surface area (Å²) in [5.74, 6) is -4.58. The number of aromatic hydroxyl groups is 1. The molecule has 2 aromatic carbocycles. The van der Waals surface area contributed by atoms with Gasteiger partial charge >= 0.3 is 11.9 Å². The van der Waals surface area contributed by atoms with Gasteiger partial charge in [0.05, 0.1) is 6.04 Å². The number of nitrogens with one attached hydrogen (secondary N) is 3. The summed E-state index contributed by atoms with van der Waals surface area (Å²) in [6.45, 7) is 0.376. The Balaban J connectivity index is 2.29. The quantitative estimate of drug-likeness (QED) is 0.109. The smallest absolute Gasteiger partial charge is 0.326 e. The second-order valence-corrected chi connectivity index (χ2v) is 9.91. The Morgan fingerprint density at radius 1 is 0.690 bits per heavy atom. The Labute approximate surface area is 243 Å². The molecule has 0 aromatic heterocycles. The number of carbonyl (C=O) groups is 5. The maximum absolute atomic E-state index is 13.6. The van der Waals surface area contributed by atoms with Crippen molar-refractivity contribution < 1.29 is 39.3 Å². The van der Waals surface area contributed by atoms with E-state index < -0.39 is 53.8 Å². The molecule has 13 nitrogen and oxygen atoms in total. The number of benzene rings is 2. The van der Waals surface area contributed by atoms with Crippen LogP contribution >= 0.6 is 0 Å². The molecule has 0 aliphatic heterocycles. The third kappa shape index (κ3) is 11.9. The first-order valence-electron chi connectivity index (χ1n) is 13.6. The van der Waals surface area contributed by atoms with Gasteiger partial charge in [-0.05, 0) is 55.5 Å². The van der Waals surface area contributed by atoms with Crippen molar-refractivity contribution in [3.05, 3.63) is 65.7 Å². The fourth-order valence-corrected chi connectivity index (χ4v) is 4.12. The molecule has 0 aliphatic carbocycles. The number of aliphatic carboxylic acids is 2. The summed E-state index contributed by atoms with van der Waals surface area (Å²) in [5, 5.41) is 35.8. The third-order valence-electron chi connectivity index (χ3n) is 6.49. The van der Waals surface area contributed by atoms with Crippen LogP contribution in [0.15, 0.2) is 54.6 Å². The van der Waals surface area contributed by atoms with Gasteiger partial charge in [0.25, 0.3) is 0 Å². The number of phenolic OH excluding ortho intramolecular Hbond substituents is 1. The lowest BCUT2D eigenvalue weighted by Gasteiger charge is -2.25. The highest BCUT2D eigenvalue weighted by molar-refractivity contribution is 5.94. The molecule has 0 bridgehead atoms. The summed E-state index contributed by atoms with van der Waals surface area (Å²) in [6, 6.07) is 9.89.